The van der Waals surface area contributed by atoms with Crippen LogP contribution in [0.1, 0.15) is 43.1 Å². The highest BCUT2D eigenvalue weighted by molar-refractivity contribution is 7.11. The third kappa shape index (κ3) is 4.53. The van der Waals surface area contributed by atoms with E-state index in [-0.39, 0.29) is 0 Å². The van der Waals surface area contributed by atoms with Gasteiger partial charge in [-0.1, -0.05) is 6.92 Å². The molecule has 0 amide bonds. The summed E-state index contributed by atoms with van der Waals surface area (Å²) in [6.45, 7) is 9.25. The molecule has 0 spiro atoms. The van der Waals surface area contributed by atoms with Gasteiger partial charge in [0.15, 0.2) is 0 Å². The molecule has 1 fully saturated rings. The van der Waals surface area contributed by atoms with E-state index in [0.717, 1.165) is 32.6 Å². The second kappa shape index (κ2) is 7.33. The van der Waals surface area contributed by atoms with Crippen LogP contribution in [0.5, 0.6) is 0 Å². The molecule has 3 atom stereocenters. The molecule has 0 bridgehead atoms. The summed E-state index contributed by atoms with van der Waals surface area (Å²) < 4.78 is 5.49. The zero-order valence-electron chi connectivity index (χ0n) is 12.1. The molecule has 2 N–H and O–H groups in total. The minimum Gasteiger partial charge on any atom is -0.379 e. The van der Waals surface area contributed by atoms with Crippen molar-refractivity contribution in [2.45, 2.75) is 51.7 Å². The van der Waals surface area contributed by atoms with Crippen LogP contribution in [0.25, 0.3) is 0 Å². The number of hydrogen-bond acceptors (Lipinski definition) is 5. The van der Waals surface area contributed by atoms with Crippen LogP contribution in [0.15, 0.2) is 6.20 Å². The van der Waals surface area contributed by atoms with Crippen molar-refractivity contribution >= 4 is 11.3 Å². The smallest absolute Gasteiger partial charge is 0.109 e. The minimum absolute atomic E-state index is 0.324. The van der Waals surface area contributed by atoms with Crippen LogP contribution in [-0.4, -0.2) is 36.8 Å². The second-order valence-electron chi connectivity index (χ2n) is 5.27. The van der Waals surface area contributed by atoms with Crippen molar-refractivity contribution in [3.63, 3.8) is 0 Å². The predicted molar refractivity (Wildman–Crippen MR) is 79.7 cm³/mol. The molecule has 108 valence electrons. The van der Waals surface area contributed by atoms with Crippen molar-refractivity contribution in [3.8, 4) is 0 Å². The molecule has 1 aliphatic heterocycles. The number of aromatic nitrogens is 1. The molecule has 1 saturated heterocycles. The van der Waals surface area contributed by atoms with E-state index in [0.29, 0.717) is 18.1 Å². The number of nitrogens with one attached hydrogen (secondary N) is 2. The molecule has 19 heavy (non-hydrogen) atoms. The molecule has 0 radical (unpaired) electrons. The quantitative estimate of drug-likeness (QED) is 0.839. The highest BCUT2D eigenvalue weighted by atomic mass is 32.1. The molecule has 4 nitrogen and oxygen atoms in total. The third-order valence-corrected chi connectivity index (χ3v) is 4.79. The van der Waals surface area contributed by atoms with E-state index in [1.807, 2.05) is 17.5 Å². The first-order valence-electron chi connectivity index (χ1n) is 7.20. The van der Waals surface area contributed by atoms with Gasteiger partial charge in [0.25, 0.3) is 0 Å². The average Bonchev–Trinajstić information content (AvgIpc) is 2.88. The van der Waals surface area contributed by atoms with Gasteiger partial charge in [0, 0.05) is 29.7 Å². The fraction of sp³-hybridized carbons (Fsp3) is 0.786. The van der Waals surface area contributed by atoms with E-state index in [9.17, 15) is 0 Å². The van der Waals surface area contributed by atoms with Crippen LogP contribution in [0.3, 0.4) is 0 Å². The monoisotopic (exact) mass is 283 g/mol. The molecule has 5 heteroatoms. The van der Waals surface area contributed by atoms with Crippen LogP contribution in [0.4, 0.5) is 0 Å². The molecule has 0 aliphatic carbocycles. The number of nitrogens with zero attached hydrogens (tertiary/aromatic N) is 1. The summed E-state index contributed by atoms with van der Waals surface area (Å²) >= 11 is 1.82. The van der Waals surface area contributed by atoms with Gasteiger partial charge in [-0.05, 0) is 26.7 Å². The predicted octanol–water partition coefficient (Wildman–Crippen LogP) is 2.12. The van der Waals surface area contributed by atoms with Crippen molar-refractivity contribution < 1.29 is 4.74 Å². The number of aryl methyl sites for hydroxylation is 1. The van der Waals surface area contributed by atoms with Gasteiger partial charge in [-0.15, -0.1) is 11.3 Å². The molecule has 0 aromatic carbocycles. The molecular weight excluding hydrogens is 258 g/mol. The Morgan fingerprint density at radius 3 is 3.05 bits per heavy atom. The van der Waals surface area contributed by atoms with Crippen LogP contribution >= 0.6 is 11.3 Å². The topological polar surface area (TPSA) is 46.2 Å². The molecule has 1 aliphatic rings. The van der Waals surface area contributed by atoms with Gasteiger partial charge >= 0.3 is 0 Å². The molecule has 0 saturated carbocycles. The van der Waals surface area contributed by atoms with Crippen molar-refractivity contribution in [2.75, 3.05) is 19.8 Å². The standard InChI is InChI=1S/C14H25N3OS/c1-4-13-8-16-14(19-13)11(3)17-10(2)7-12-9-18-6-5-15-12/h8,10-12,15,17H,4-7,9H2,1-3H3. The summed E-state index contributed by atoms with van der Waals surface area (Å²) in [5, 5.41) is 8.32. The zero-order valence-corrected chi connectivity index (χ0v) is 12.9. The molecular formula is C14H25N3OS. The largest absolute Gasteiger partial charge is 0.379 e. The van der Waals surface area contributed by atoms with E-state index in [1.165, 1.54) is 9.88 Å². The summed E-state index contributed by atoms with van der Waals surface area (Å²) in [4.78, 5) is 5.86. The first-order valence-corrected chi connectivity index (χ1v) is 8.02. The SMILES string of the molecule is CCc1cnc(C(C)NC(C)CC2COCCN2)s1. The fourth-order valence-electron chi connectivity index (χ4n) is 2.45. The molecule has 1 aromatic heterocycles. The maximum atomic E-state index is 5.49. The van der Waals surface area contributed by atoms with E-state index in [2.05, 4.69) is 36.4 Å². The van der Waals surface area contributed by atoms with Crippen LogP contribution in [-0.2, 0) is 11.2 Å². The van der Waals surface area contributed by atoms with Gasteiger partial charge in [-0.25, -0.2) is 4.98 Å². The van der Waals surface area contributed by atoms with Gasteiger partial charge in [0.05, 0.1) is 19.3 Å². The second-order valence-corrected chi connectivity index (χ2v) is 6.42. The minimum atomic E-state index is 0.324. The van der Waals surface area contributed by atoms with E-state index < -0.39 is 0 Å². The Hall–Kier alpha value is -0.490. The highest BCUT2D eigenvalue weighted by Gasteiger charge is 2.18. The summed E-state index contributed by atoms with van der Waals surface area (Å²) in [6.07, 6.45) is 4.17. The lowest BCUT2D eigenvalue weighted by Crippen LogP contribution is -2.45. The van der Waals surface area contributed by atoms with Crippen LogP contribution < -0.4 is 10.6 Å². The van der Waals surface area contributed by atoms with Gasteiger partial charge in [0.2, 0.25) is 0 Å². The Balaban J connectivity index is 1.78. The van der Waals surface area contributed by atoms with Crippen molar-refractivity contribution in [3.05, 3.63) is 16.1 Å². The maximum absolute atomic E-state index is 5.49. The van der Waals surface area contributed by atoms with Gasteiger partial charge in [0.1, 0.15) is 5.01 Å². The van der Waals surface area contributed by atoms with E-state index in [4.69, 9.17) is 4.74 Å². The normalized spacial score (nSPS) is 23.2. The first-order chi connectivity index (χ1) is 9.19. The Labute approximate surface area is 120 Å². The van der Waals surface area contributed by atoms with Gasteiger partial charge < -0.3 is 15.4 Å². The molecule has 3 unspecified atom stereocenters. The summed E-state index contributed by atoms with van der Waals surface area (Å²) in [7, 11) is 0. The number of thiazole rings is 1. The van der Waals surface area contributed by atoms with E-state index >= 15 is 0 Å². The highest BCUT2D eigenvalue weighted by Crippen LogP contribution is 2.21. The van der Waals surface area contributed by atoms with Crippen LogP contribution in [0.2, 0.25) is 0 Å². The van der Waals surface area contributed by atoms with Crippen molar-refractivity contribution in [2.24, 2.45) is 0 Å². The molecule has 2 heterocycles. The molecule has 2 rings (SSSR count). The van der Waals surface area contributed by atoms with Gasteiger partial charge in [-0.3, -0.25) is 0 Å². The van der Waals surface area contributed by atoms with Crippen molar-refractivity contribution in [1.82, 2.24) is 15.6 Å². The Kier molecular flexibility index (Phi) is 5.76. The van der Waals surface area contributed by atoms with E-state index in [1.54, 1.807) is 0 Å². The Bertz CT molecular complexity index is 377. The fourth-order valence-corrected chi connectivity index (χ4v) is 3.32. The zero-order chi connectivity index (χ0) is 13.7. The average molecular weight is 283 g/mol. The number of morpholine rings is 1. The Morgan fingerprint density at radius 1 is 1.58 bits per heavy atom. The molecule has 1 aromatic rings. The third-order valence-electron chi connectivity index (χ3n) is 3.46. The summed E-state index contributed by atoms with van der Waals surface area (Å²) in [6, 6.07) is 1.26. The lowest BCUT2D eigenvalue weighted by molar-refractivity contribution is 0.0708. The van der Waals surface area contributed by atoms with Crippen molar-refractivity contribution in [1.29, 1.82) is 0 Å². The number of ether oxygens (including phenoxy) is 1. The number of rotatable bonds is 6. The maximum Gasteiger partial charge on any atom is 0.109 e. The summed E-state index contributed by atoms with van der Waals surface area (Å²) in [5.41, 5.74) is 0. The number of hydrogen-bond donors (Lipinski definition) is 2. The first kappa shape index (κ1) is 14.9. The Morgan fingerprint density at radius 2 is 2.42 bits per heavy atom. The van der Waals surface area contributed by atoms with Gasteiger partial charge in [-0.2, -0.15) is 0 Å². The lowest BCUT2D eigenvalue weighted by Gasteiger charge is -2.27. The summed E-state index contributed by atoms with van der Waals surface area (Å²) in [5.74, 6) is 0. The lowest BCUT2D eigenvalue weighted by atomic mass is 10.1. The van der Waals surface area contributed by atoms with Crippen LogP contribution in [0, 0.1) is 0 Å².